The molecule has 0 aromatic carbocycles. The maximum atomic E-state index is 12.4. The first-order valence-electron chi connectivity index (χ1n) is 12.5. The lowest BCUT2D eigenvalue weighted by Crippen LogP contribution is -2.38. The van der Waals surface area contributed by atoms with Crippen LogP contribution in [0, 0.1) is 22.7 Å². The van der Waals surface area contributed by atoms with Gasteiger partial charge in [-0.05, 0) is 119 Å². The predicted molar refractivity (Wildman–Crippen MR) is 124 cm³/mol. The Labute approximate surface area is 183 Å². The van der Waals surface area contributed by atoms with Crippen LogP contribution < -0.4 is 0 Å². The minimum Gasteiger partial charge on any atom is -0.383 e. The molecule has 0 aliphatic heterocycles. The first-order valence-corrected chi connectivity index (χ1v) is 12.5. The van der Waals surface area contributed by atoms with Gasteiger partial charge in [-0.1, -0.05) is 36.8 Å². The number of carbonyl (C=O) groups is 1. The van der Waals surface area contributed by atoms with Gasteiger partial charge in [-0.2, -0.15) is 0 Å². The van der Waals surface area contributed by atoms with Crippen molar-refractivity contribution in [3.8, 4) is 0 Å². The van der Waals surface area contributed by atoms with Crippen molar-refractivity contribution in [2.24, 2.45) is 22.7 Å². The van der Waals surface area contributed by atoms with Gasteiger partial charge in [0.1, 0.15) is 5.60 Å². The summed E-state index contributed by atoms with van der Waals surface area (Å²) in [5.41, 5.74) is 4.09. The number of aliphatic hydroxyl groups is 1. The first kappa shape index (κ1) is 22.1. The Balaban J connectivity index is 1.49. The van der Waals surface area contributed by atoms with Crippen molar-refractivity contribution in [1.29, 1.82) is 0 Å². The number of rotatable bonds is 6. The zero-order valence-electron chi connectivity index (χ0n) is 19.6. The molecule has 0 bridgehead atoms. The van der Waals surface area contributed by atoms with E-state index in [1.807, 2.05) is 0 Å². The monoisotopic (exact) mass is 410 g/mol. The molecule has 30 heavy (non-hydrogen) atoms. The van der Waals surface area contributed by atoms with Crippen LogP contribution >= 0.6 is 0 Å². The maximum Gasteiger partial charge on any atom is 0.163 e. The Hall–Kier alpha value is -1.15. The molecular weight excluding hydrogens is 368 g/mol. The van der Waals surface area contributed by atoms with Crippen LogP contribution in [0.3, 0.4) is 0 Å². The van der Waals surface area contributed by atoms with Gasteiger partial charge in [0, 0.05) is 6.42 Å². The molecule has 0 saturated heterocycles. The van der Waals surface area contributed by atoms with E-state index < -0.39 is 5.60 Å². The number of allylic oxidation sites excluding steroid dienone is 5. The molecule has 1 N–H and O–H groups in total. The van der Waals surface area contributed by atoms with E-state index in [0.29, 0.717) is 23.2 Å². The van der Waals surface area contributed by atoms with E-state index in [1.54, 1.807) is 19.4 Å². The molecule has 4 fully saturated rings. The van der Waals surface area contributed by atoms with Gasteiger partial charge >= 0.3 is 0 Å². The fourth-order valence-electron chi connectivity index (χ4n) is 7.25. The predicted octanol–water partition coefficient (Wildman–Crippen LogP) is 7.09. The zero-order valence-corrected chi connectivity index (χ0v) is 19.6. The number of ketones is 1. The summed E-state index contributed by atoms with van der Waals surface area (Å²) in [6.45, 7) is 10.1. The number of hydrogen-bond donors (Lipinski definition) is 1. The van der Waals surface area contributed by atoms with E-state index in [-0.39, 0.29) is 5.78 Å². The van der Waals surface area contributed by atoms with Crippen LogP contribution in [0.5, 0.6) is 0 Å². The van der Waals surface area contributed by atoms with Gasteiger partial charge in [-0.25, -0.2) is 0 Å². The van der Waals surface area contributed by atoms with E-state index in [9.17, 15) is 9.90 Å². The third-order valence-electron chi connectivity index (χ3n) is 9.26. The first-order chi connectivity index (χ1) is 14.2. The standard InChI is InChI=1S/C28H42O2/c1-20-8-5-6-9-21(20)11-12-22-10-7-16-27(4)23(22)13-14-24(27)28(18-19-28)17-15-25(29)26(2,3)30/h11-12,23-24,30H,1,5-10,13-19H2,2-4H3. The van der Waals surface area contributed by atoms with E-state index in [0.717, 1.165) is 12.3 Å². The molecule has 0 radical (unpaired) electrons. The van der Waals surface area contributed by atoms with Crippen molar-refractivity contribution in [2.45, 2.75) is 110 Å². The summed E-state index contributed by atoms with van der Waals surface area (Å²) in [7, 11) is 0. The second-order valence-electron chi connectivity index (χ2n) is 11.6. The highest BCUT2D eigenvalue weighted by Crippen LogP contribution is 2.70. The fourth-order valence-corrected chi connectivity index (χ4v) is 7.25. The molecule has 2 nitrogen and oxygen atoms in total. The molecule has 2 heteroatoms. The van der Waals surface area contributed by atoms with Gasteiger partial charge in [0.05, 0.1) is 0 Å². The summed E-state index contributed by atoms with van der Waals surface area (Å²) < 4.78 is 0. The van der Waals surface area contributed by atoms with E-state index in [1.165, 1.54) is 81.8 Å². The highest BCUT2D eigenvalue weighted by atomic mass is 16.3. The van der Waals surface area contributed by atoms with Crippen molar-refractivity contribution in [3.05, 3.63) is 35.5 Å². The van der Waals surface area contributed by atoms with Crippen LogP contribution in [0.25, 0.3) is 0 Å². The quantitative estimate of drug-likeness (QED) is 0.507. The normalized spacial score (nSPS) is 36.2. The number of Topliss-reactive ketones (excluding diaryl/α,β-unsaturated/α-hetero) is 1. The number of fused-ring (bicyclic) bond motifs is 1. The average Bonchev–Trinajstić information content (AvgIpc) is 3.38. The van der Waals surface area contributed by atoms with Gasteiger partial charge in [-0.3, -0.25) is 4.79 Å². The Bertz CT molecular complexity index is 758. The molecule has 0 heterocycles. The third kappa shape index (κ3) is 4.14. The molecule has 0 aromatic rings. The van der Waals surface area contributed by atoms with Crippen LogP contribution in [-0.4, -0.2) is 16.5 Å². The molecule has 3 atom stereocenters. The Kier molecular flexibility index (Phi) is 5.94. The van der Waals surface area contributed by atoms with Gasteiger partial charge in [0.15, 0.2) is 5.78 Å². The topological polar surface area (TPSA) is 37.3 Å². The largest absolute Gasteiger partial charge is 0.383 e. The van der Waals surface area contributed by atoms with E-state index in [4.69, 9.17) is 0 Å². The molecule has 3 unspecified atom stereocenters. The molecule has 0 aromatic heterocycles. The summed E-state index contributed by atoms with van der Waals surface area (Å²) in [5, 5.41) is 10.1. The van der Waals surface area contributed by atoms with Crippen molar-refractivity contribution < 1.29 is 9.90 Å². The molecule has 4 aliphatic rings. The summed E-state index contributed by atoms with van der Waals surface area (Å²) in [4.78, 5) is 12.4. The fraction of sp³-hybridized carbons (Fsp3) is 0.750. The molecule has 0 spiro atoms. The van der Waals surface area contributed by atoms with E-state index >= 15 is 0 Å². The Morgan fingerprint density at radius 2 is 1.83 bits per heavy atom. The second-order valence-corrected chi connectivity index (χ2v) is 11.6. The lowest BCUT2D eigenvalue weighted by Gasteiger charge is -2.45. The average molecular weight is 411 g/mol. The van der Waals surface area contributed by atoms with Gasteiger partial charge in [0.25, 0.3) is 0 Å². The minimum absolute atomic E-state index is 0.0111. The Morgan fingerprint density at radius 3 is 2.50 bits per heavy atom. The molecular formula is C28H42O2. The van der Waals surface area contributed by atoms with E-state index in [2.05, 4.69) is 25.7 Å². The third-order valence-corrected chi connectivity index (χ3v) is 9.26. The van der Waals surface area contributed by atoms with Gasteiger partial charge in [-0.15, -0.1) is 0 Å². The van der Waals surface area contributed by atoms with Gasteiger partial charge in [0.2, 0.25) is 0 Å². The van der Waals surface area contributed by atoms with Crippen LogP contribution in [-0.2, 0) is 4.79 Å². The minimum atomic E-state index is -1.18. The summed E-state index contributed by atoms with van der Waals surface area (Å²) in [6, 6.07) is 0. The van der Waals surface area contributed by atoms with Crippen molar-refractivity contribution in [2.75, 3.05) is 0 Å². The molecule has 0 amide bonds. The van der Waals surface area contributed by atoms with Crippen molar-refractivity contribution in [3.63, 3.8) is 0 Å². The second kappa shape index (κ2) is 8.08. The highest BCUT2D eigenvalue weighted by molar-refractivity contribution is 5.86. The highest BCUT2D eigenvalue weighted by Gasteiger charge is 2.60. The van der Waals surface area contributed by atoms with Crippen LogP contribution in [0.1, 0.15) is 104 Å². The van der Waals surface area contributed by atoms with Crippen molar-refractivity contribution >= 4 is 5.78 Å². The molecule has 4 aliphatic carbocycles. The Morgan fingerprint density at radius 1 is 1.10 bits per heavy atom. The summed E-state index contributed by atoms with van der Waals surface area (Å²) >= 11 is 0. The maximum absolute atomic E-state index is 12.4. The summed E-state index contributed by atoms with van der Waals surface area (Å²) in [5.74, 6) is 1.47. The SMILES string of the molecule is C=C1CCCCC1=CC=C1CCCC2(C)C1CCC2C1(CCC(=O)C(C)(C)O)CC1. The lowest BCUT2D eigenvalue weighted by molar-refractivity contribution is -0.134. The molecule has 4 saturated carbocycles. The molecule has 166 valence electrons. The van der Waals surface area contributed by atoms with Crippen molar-refractivity contribution in [1.82, 2.24) is 0 Å². The smallest absolute Gasteiger partial charge is 0.163 e. The number of hydrogen-bond acceptors (Lipinski definition) is 2. The lowest BCUT2D eigenvalue weighted by atomic mass is 9.59. The zero-order chi connectivity index (χ0) is 21.6. The molecule has 4 rings (SSSR count). The van der Waals surface area contributed by atoms with Crippen LogP contribution in [0.15, 0.2) is 35.5 Å². The number of carbonyl (C=O) groups excluding carboxylic acids is 1. The van der Waals surface area contributed by atoms with Crippen LogP contribution in [0.2, 0.25) is 0 Å². The van der Waals surface area contributed by atoms with Gasteiger partial charge < -0.3 is 5.11 Å². The summed E-state index contributed by atoms with van der Waals surface area (Å²) in [6.07, 6.45) is 20.5. The van der Waals surface area contributed by atoms with Crippen LogP contribution in [0.4, 0.5) is 0 Å².